The minimum Gasteiger partial charge on any atom is -0.406 e. The van der Waals surface area contributed by atoms with Gasteiger partial charge >= 0.3 is 6.01 Å². The van der Waals surface area contributed by atoms with Crippen LogP contribution in [0.1, 0.15) is 37.8 Å². The van der Waals surface area contributed by atoms with Crippen molar-refractivity contribution in [3.8, 4) is 0 Å². The number of aromatic nitrogens is 2. The van der Waals surface area contributed by atoms with Crippen molar-refractivity contribution < 1.29 is 4.42 Å². The summed E-state index contributed by atoms with van der Waals surface area (Å²) in [6.45, 7) is 4.10. The lowest BCUT2D eigenvalue weighted by atomic mass is 10.1. The van der Waals surface area contributed by atoms with E-state index >= 15 is 0 Å². The van der Waals surface area contributed by atoms with Gasteiger partial charge in [0.2, 0.25) is 5.89 Å². The molecule has 0 saturated heterocycles. The lowest BCUT2D eigenvalue weighted by molar-refractivity contribution is 0.438. The maximum atomic E-state index is 5.56. The van der Waals surface area contributed by atoms with Crippen LogP contribution in [0.5, 0.6) is 0 Å². The van der Waals surface area contributed by atoms with Crippen LogP contribution in [0.4, 0.5) is 6.01 Å². The minimum atomic E-state index is 0.0673. The number of hydrogen-bond acceptors (Lipinski definition) is 5. The van der Waals surface area contributed by atoms with Crippen molar-refractivity contribution in [1.82, 2.24) is 15.5 Å². The summed E-state index contributed by atoms with van der Waals surface area (Å²) in [6.07, 6.45) is 2.05. The number of nitrogens with one attached hydrogen (secondary N) is 2. The van der Waals surface area contributed by atoms with Crippen LogP contribution < -0.4 is 10.6 Å². The third kappa shape index (κ3) is 4.06. The van der Waals surface area contributed by atoms with Gasteiger partial charge in [0.15, 0.2) is 0 Å². The van der Waals surface area contributed by atoms with E-state index in [9.17, 15) is 0 Å². The quantitative estimate of drug-likeness (QED) is 0.813. The summed E-state index contributed by atoms with van der Waals surface area (Å²) < 4.78 is 5.56. The van der Waals surface area contributed by atoms with E-state index < -0.39 is 0 Å². The molecule has 0 bridgehead atoms. The van der Waals surface area contributed by atoms with Gasteiger partial charge in [-0.15, -0.1) is 5.10 Å². The predicted octanol–water partition coefficient (Wildman–Crippen LogP) is 2.78. The van der Waals surface area contributed by atoms with E-state index in [0.717, 1.165) is 12.8 Å². The Kier molecular flexibility index (Phi) is 5.12. The van der Waals surface area contributed by atoms with Crippen LogP contribution in [0.15, 0.2) is 34.7 Å². The van der Waals surface area contributed by atoms with E-state index in [1.54, 1.807) is 0 Å². The smallest absolute Gasteiger partial charge is 0.315 e. The third-order valence-corrected chi connectivity index (χ3v) is 3.32. The van der Waals surface area contributed by atoms with Crippen molar-refractivity contribution in [1.29, 1.82) is 0 Å². The number of hydrogen-bond donors (Lipinski definition) is 2. The van der Waals surface area contributed by atoms with Crippen LogP contribution in [-0.2, 0) is 6.42 Å². The first kappa shape index (κ1) is 14.5. The highest BCUT2D eigenvalue weighted by Gasteiger charge is 2.13. The first-order valence-corrected chi connectivity index (χ1v) is 7.00. The molecule has 2 unspecified atom stereocenters. The van der Waals surface area contributed by atoms with Crippen LogP contribution in [0.3, 0.4) is 0 Å². The van der Waals surface area contributed by atoms with Crippen LogP contribution >= 0.6 is 0 Å². The fourth-order valence-electron chi connectivity index (χ4n) is 1.90. The molecular weight excluding hydrogens is 252 g/mol. The van der Waals surface area contributed by atoms with Gasteiger partial charge < -0.3 is 15.1 Å². The van der Waals surface area contributed by atoms with Crippen molar-refractivity contribution >= 4 is 6.01 Å². The second-order valence-electron chi connectivity index (χ2n) is 5.03. The molecule has 0 aliphatic heterocycles. The van der Waals surface area contributed by atoms with Gasteiger partial charge in [0.1, 0.15) is 0 Å². The molecule has 2 N–H and O–H groups in total. The van der Waals surface area contributed by atoms with Crippen molar-refractivity contribution in [2.75, 3.05) is 12.4 Å². The Morgan fingerprint density at radius 3 is 2.60 bits per heavy atom. The lowest BCUT2D eigenvalue weighted by Crippen LogP contribution is -2.16. The molecule has 2 rings (SSSR count). The highest BCUT2D eigenvalue weighted by molar-refractivity contribution is 5.20. The zero-order chi connectivity index (χ0) is 14.4. The zero-order valence-corrected chi connectivity index (χ0v) is 12.3. The van der Waals surface area contributed by atoms with Crippen LogP contribution in [-0.4, -0.2) is 23.3 Å². The average Bonchev–Trinajstić information content (AvgIpc) is 2.94. The molecule has 5 nitrogen and oxygen atoms in total. The Hall–Kier alpha value is -1.88. The molecule has 2 atom stereocenters. The largest absolute Gasteiger partial charge is 0.406 e. The van der Waals surface area contributed by atoms with Crippen LogP contribution in [0.2, 0.25) is 0 Å². The van der Waals surface area contributed by atoms with Gasteiger partial charge in [-0.25, -0.2) is 0 Å². The molecule has 1 aromatic heterocycles. The van der Waals surface area contributed by atoms with E-state index in [4.69, 9.17) is 4.42 Å². The van der Waals surface area contributed by atoms with E-state index in [1.807, 2.05) is 20.0 Å². The average molecular weight is 274 g/mol. The Labute approximate surface area is 119 Å². The molecule has 1 aromatic carbocycles. The fourth-order valence-corrected chi connectivity index (χ4v) is 1.90. The second kappa shape index (κ2) is 7.05. The molecule has 0 amide bonds. The Morgan fingerprint density at radius 2 is 1.90 bits per heavy atom. The SMILES string of the molecule is CNC(C)c1nnc(NC(C)CCc2ccccc2)o1. The van der Waals surface area contributed by atoms with E-state index in [-0.39, 0.29) is 12.1 Å². The summed E-state index contributed by atoms with van der Waals surface area (Å²) in [5.41, 5.74) is 1.34. The van der Waals surface area contributed by atoms with Gasteiger partial charge in [-0.1, -0.05) is 35.4 Å². The normalized spacial score (nSPS) is 13.9. The predicted molar refractivity (Wildman–Crippen MR) is 79.6 cm³/mol. The standard InChI is InChI=1S/C15H22N4O/c1-11(9-10-13-7-5-4-6-8-13)17-15-19-18-14(20-15)12(2)16-3/h4-8,11-12,16H,9-10H2,1-3H3,(H,17,19). The molecule has 108 valence electrons. The minimum absolute atomic E-state index is 0.0673. The summed E-state index contributed by atoms with van der Waals surface area (Å²) in [6, 6.07) is 11.3. The van der Waals surface area contributed by atoms with Gasteiger partial charge in [-0.3, -0.25) is 0 Å². The number of aryl methyl sites for hydroxylation is 1. The molecule has 0 aliphatic rings. The molecule has 0 saturated carbocycles. The Balaban J connectivity index is 1.82. The number of nitrogens with zero attached hydrogens (tertiary/aromatic N) is 2. The number of rotatable bonds is 7. The molecule has 1 heterocycles. The number of benzene rings is 1. The Bertz CT molecular complexity index is 512. The molecular formula is C15H22N4O. The van der Waals surface area contributed by atoms with Crippen molar-refractivity contribution in [2.24, 2.45) is 0 Å². The highest BCUT2D eigenvalue weighted by Crippen LogP contribution is 2.15. The van der Waals surface area contributed by atoms with Crippen molar-refractivity contribution in [3.05, 3.63) is 41.8 Å². The topological polar surface area (TPSA) is 63.0 Å². The van der Waals surface area contributed by atoms with Crippen LogP contribution in [0, 0.1) is 0 Å². The fraction of sp³-hybridized carbons (Fsp3) is 0.467. The van der Waals surface area contributed by atoms with Gasteiger partial charge in [0, 0.05) is 6.04 Å². The number of anilines is 1. The third-order valence-electron chi connectivity index (χ3n) is 3.32. The molecule has 5 heteroatoms. The van der Waals surface area contributed by atoms with Gasteiger partial charge in [0.05, 0.1) is 6.04 Å². The van der Waals surface area contributed by atoms with E-state index in [2.05, 4.69) is 52.0 Å². The van der Waals surface area contributed by atoms with Crippen molar-refractivity contribution in [3.63, 3.8) is 0 Å². The first-order chi connectivity index (χ1) is 9.69. The summed E-state index contributed by atoms with van der Waals surface area (Å²) in [7, 11) is 1.87. The summed E-state index contributed by atoms with van der Waals surface area (Å²) >= 11 is 0. The van der Waals surface area contributed by atoms with E-state index in [1.165, 1.54) is 5.56 Å². The molecule has 20 heavy (non-hydrogen) atoms. The molecule has 0 radical (unpaired) electrons. The second-order valence-corrected chi connectivity index (χ2v) is 5.03. The molecule has 0 spiro atoms. The summed E-state index contributed by atoms with van der Waals surface area (Å²) in [5.74, 6) is 0.602. The maximum Gasteiger partial charge on any atom is 0.315 e. The lowest BCUT2D eigenvalue weighted by Gasteiger charge is -2.11. The Morgan fingerprint density at radius 1 is 1.15 bits per heavy atom. The molecule has 2 aromatic rings. The highest BCUT2D eigenvalue weighted by atomic mass is 16.4. The van der Waals surface area contributed by atoms with Crippen molar-refractivity contribution in [2.45, 2.75) is 38.8 Å². The monoisotopic (exact) mass is 274 g/mol. The zero-order valence-electron chi connectivity index (χ0n) is 12.3. The van der Waals surface area contributed by atoms with Gasteiger partial charge in [0.25, 0.3) is 0 Å². The van der Waals surface area contributed by atoms with Crippen LogP contribution in [0.25, 0.3) is 0 Å². The molecule has 0 aliphatic carbocycles. The summed E-state index contributed by atoms with van der Waals surface area (Å²) in [5, 5.41) is 14.3. The first-order valence-electron chi connectivity index (χ1n) is 7.00. The summed E-state index contributed by atoms with van der Waals surface area (Å²) in [4.78, 5) is 0. The van der Waals surface area contributed by atoms with E-state index in [0.29, 0.717) is 11.9 Å². The molecule has 0 fully saturated rings. The maximum absolute atomic E-state index is 5.56. The van der Waals surface area contributed by atoms with Gasteiger partial charge in [-0.2, -0.15) is 0 Å². The van der Waals surface area contributed by atoms with Gasteiger partial charge in [-0.05, 0) is 39.3 Å².